The van der Waals surface area contributed by atoms with Crippen LogP contribution in [0.4, 0.5) is 0 Å². The number of methoxy groups -OCH3 is 8. The monoisotopic (exact) mass is 686 g/mol. The lowest BCUT2D eigenvalue weighted by Crippen LogP contribution is -3.02. The number of piperidine rings is 2. The summed E-state index contributed by atoms with van der Waals surface area (Å²) >= 11 is 0. The van der Waals surface area contributed by atoms with Crippen molar-refractivity contribution in [2.24, 2.45) is 11.8 Å². The molecule has 0 aliphatic carbocycles. The number of nitrogens with two attached hydrogens (primary N) is 2. The first-order chi connectivity index (χ1) is 24.4. The lowest BCUT2D eigenvalue weighted by molar-refractivity contribution is -0.815. The molecule has 0 aromatic heterocycles. The Morgan fingerprint density at radius 2 is 0.620 bits per heavy atom. The first-order valence-corrected chi connectivity index (χ1v) is 16.5. The van der Waals surface area contributed by atoms with Crippen LogP contribution < -0.4 is 48.5 Å². The Balaban J connectivity index is 1.66. The molecule has 2 fully saturated rings. The van der Waals surface area contributed by atoms with E-state index in [0.29, 0.717) is 46.0 Å². The molecule has 0 spiro atoms. The minimum absolute atomic E-state index is 0.0875. The summed E-state index contributed by atoms with van der Waals surface area (Å²) in [5.41, 5.74) is 3.36. The van der Waals surface area contributed by atoms with Gasteiger partial charge in [0, 0.05) is 0 Å². The van der Waals surface area contributed by atoms with E-state index in [1.807, 2.05) is 72.8 Å². The van der Waals surface area contributed by atoms with Crippen LogP contribution in [0.5, 0.6) is 46.0 Å². The molecule has 2 aliphatic heterocycles. The average molecular weight is 687 g/mol. The maximum Gasteiger partial charge on any atom is 0.169 e. The van der Waals surface area contributed by atoms with Crippen LogP contribution >= 0.6 is 0 Å². The van der Waals surface area contributed by atoms with Crippen LogP contribution in [0.3, 0.4) is 0 Å². The van der Waals surface area contributed by atoms with Crippen molar-refractivity contribution in [3.8, 4) is 46.0 Å². The molecule has 264 valence electrons. The Kier molecular flexibility index (Phi) is 10.3. The van der Waals surface area contributed by atoms with E-state index in [2.05, 4.69) is 10.6 Å². The summed E-state index contributed by atoms with van der Waals surface area (Å²) in [6.07, 6.45) is 0. The lowest BCUT2D eigenvalue weighted by Gasteiger charge is -2.48. The molecule has 6 atom stereocenters. The van der Waals surface area contributed by atoms with Crippen molar-refractivity contribution in [3.05, 3.63) is 95.1 Å². The van der Waals surface area contributed by atoms with Crippen molar-refractivity contribution in [3.63, 3.8) is 0 Å². The van der Waals surface area contributed by atoms with Crippen molar-refractivity contribution in [1.29, 1.82) is 0 Å². The lowest BCUT2D eigenvalue weighted by atomic mass is 9.63. The zero-order valence-electron chi connectivity index (χ0n) is 29.7. The maximum absolute atomic E-state index is 15.6. The van der Waals surface area contributed by atoms with E-state index in [1.165, 1.54) is 0 Å². The van der Waals surface area contributed by atoms with Gasteiger partial charge in [-0.2, -0.15) is 0 Å². The van der Waals surface area contributed by atoms with Gasteiger partial charge in [0.2, 0.25) is 0 Å². The largest absolute Gasteiger partial charge is 0.493 e. The summed E-state index contributed by atoms with van der Waals surface area (Å²) in [6.45, 7) is 0. The number of rotatable bonds is 12. The molecule has 0 saturated carbocycles. The second kappa shape index (κ2) is 14.8. The van der Waals surface area contributed by atoms with Crippen molar-refractivity contribution in [1.82, 2.24) is 0 Å². The fraction of sp³-hybridized carbons (Fsp3) is 0.359. The summed E-state index contributed by atoms with van der Waals surface area (Å²) in [6, 6.07) is 21.6. The van der Waals surface area contributed by atoms with Gasteiger partial charge in [0.1, 0.15) is 36.0 Å². The molecular formula is C39H46N2O9+2. The summed E-state index contributed by atoms with van der Waals surface area (Å²) < 4.78 is 47.0. The van der Waals surface area contributed by atoms with Crippen LogP contribution in [-0.4, -0.2) is 62.7 Å². The molecule has 4 N–H and O–H groups in total. The van der Waals surface area contributed by atoms with Gasteiger partial charge in [-0.15, -0.1) is 0 Å². The van der Waals surface area contributed by atoms with Crippen molar-refractivity contribution in [2.75, 3.05) is 56.9 Å². The van der Waals surface area contributed by atoms with Crippen LogP contribution in [-0.2, 0) is 4.79 Å². The number of hydrogen-bond donors (Lipinski definition) is 2. The number of benzene rings is 4. The van der Waals surface area contributed by atoms with Gasteiger partial charge in [-0.25, -0.2) is 0 Å². The second-order valence-corrected chi connectivity index (χ2v) is 12.3. The van der Waals surface area contributed by atoms with Gasteiger partial charge in [-0.1, -0.05) is 24.3 Å². The highest BCUT2D eigenvalue weighted by Gasteiger charge is 2.62. The van der Waals surface area contributed by atoms with E-state index in [4.69, 9.17) is 37.9 Å². The van der Waals surface area contributed by atoms with Gasteiger partial charge < -0.3 is 48.5 Å². The van der Waals surface area contributed by atoms with Crippen LogP contribution in [0, 0.1) is 11.8 Å². The smallest absolute Gasteiger partial charge is 0.169 e. The predicted octanol–water partition coefficient (Wildman–Crippen LogP) is 3.98. The molecule has 11 nitrogen and oxygen atoms in total. The first kappa shape index (κ1) is 34.7. The molecule has 4 aromatic rings. The number of fused-ring (bicyclic) bond motifs is 2. The summed E-state index contributed by atoms with van der Waals surface area (Å²) in [5, 5.41) is 4.55. The fourth-order valence-corrected chi connectivity index (χ4v) is 8.19. The third kappa shape index (κ3) is 5.70. The zero-order valence-corrected chi connectivity index (χ0v) is 29.7. The molecule has 0 radical (unpaired) electrons. The minimum atomic E-state index is -0.539. The first-order valence-electron chi connectivity index (χ1n) is 16.5. The highest BCUT2D eigenvalue weighted by molar-refractivity contribution is 5.88. The summed E-state index contributed by atoms with van der Waals surface area (Å²) in [7, 11) is 12.9. The molecule has 2 heterocycles. The van der Waals surface area contributed by atoms with Crippen molar-refractivity contribution in [2.45, 2.75) is 24.2 Å². The Bertz CT molecular complexity index is 1590. The van der Waals surface area contributed by atoms with Crippen LogP contribution in [0.15, 0.2) is 72.8 Å². The molecule has 2 unspecified atom stereocenters. The number of carbonyl (C=O) groups excluding carboxylic acids is 1. The highest BCUT2D eigenvalue weighted by atomic mass is 16.5. The number of carbonyl (C=O) groups is 1. The molecule has 2 aliphatic rings. The molecule has 11 heteroatoms. The van der Waals surface area contributed by atoms with Crippen LogP contribution in [0.2, 0.25) is 0 Å². The van der Waals surface area contributed by atoms with Crippen molar-refractivity contribution >= 4 is 5.78 Å². The number of ketones is 1. The standard InChI is InChI=1S/C39H44N2O9/c1-43-25-17-9-13-21(36(25)47-5)31-29-32(22-14-10-18-26(44-2)37(22)48-6)41-34(24-16-12-20-28(46-4)39(24)50-8)30(35(29)42)33(40-31)23-15-11-19-27(45-3)38(23)49-7/h9-20,29-34,40-41H,1-8H3/p+2/t29?,30?,31-,32+,33-,34+. The number of ether oxygens (including phenoxy) is 8. The average Bonchev–Trinajstić information content (AvgIpc) is 3.16. The van der Waals surface area contributed by atoms with Gasteiger partial charge in [0.25, 0.3) is 0 Å². The van der Waals surface area contributed by atoms with Gasteiger partial charge in [-0.05, 0) is 48.5 Å². The van der Waals surface area contributed by atoms with E-state index < -0.39 is 36.0 Å². The number of hydrogen-bond acceptors (Lipinski definition) is 9. The molecule has 4 aromatic carbocycles. The molecule has 0 amide bonds. The quantitative estimate of drug-likeness (QED) is 0.228. The van der Waals surface area contributed by atoms with Gasteiger partial charge in [-0.3, -0.25) is 4.79 Å². The molecule has 2 saturated heterocycles. The van der Waals surface area contributed by atoms with Crippen molar-refractivity contribution < 1.29 is 53.3 Å². The molecule has 50 heavy (non-hydrogen) atoms. The Morgan fingerprint density at radius 3 is 0.820 bits per heavy atom. The van der Waals surface area contributed by atoms with E-state index in [-0.39, 0.29) is 5.78 Å². The minimum Gasteiger partial charge on any atom is -0.493 e. The van der Waals surface area contributed by atoms with E-state index >= 15 is 4.79 Å². The SMILES string of the molecule is COc1cccc([C@H]2[NH2+][C@H](c3cccc(OC)c3OC)C3C(=O)C2[C@H](c2cccc(OC)c2OC)[NH2+][C@H]3c2cccc(OC)c2OC)c1OC. The normalized spacial score (nSPS) is 22.7. The van der Waals surface area contributed by atoms with Gasteiger partial charge in [0.15, 0.2) is 51.8 Å². The highest BCUT2D eigenvalue weighted by Crippen LogP contribution is 2.52. The fourth-order valence-electron chi connectivity index (χ4n) is 8.19. The van der Waals surface area contributed by atoms with Gasteiger partial charge >= 0.3 is 0 Å². The topological polar surface area (TPSA) is 124 Å². The third-order valence-corrected chi connectivity index (χ3v) is 10.2. The van der Waals surface area contributed by atoms with E-state index in [1.54, 1.807) is 56.9 Å². The van der Waals surface area contributed by atoms with Gasteiger partial charge in [0.05, 0.1) is 79.1 Å². The predicted molar refractivity (Wildman–Crippen MR) is 185 cm³/mol. The van der Waals surface area contributed by atoms with Crippen LogP contribution in [0.25, 0.3) is 0 Å². The van der Waals surface area contributed by atoms with Crippen LogP contribution in [0.1, 0.15) is 46.4 Å². The number of Topliss-reactive ketones (excluding diaryl/α,β-unsaturated/α-hetero) is 1. The number of quaternary nitrogens is 2. The summed E-state index contributed by atoms with van der Waals surface area (Å²) in [5.74, 6) is 3.64. The number of para-hydroxylation sites is 4. The molecule has 6 rings (SSSR count). The Hall–Kier alpha value is -5.13. The maximum atomic E-state index is 15.6. The second-order valence-electron chi connectivity index (χ2n) is 12.3. The third-order valence-electron chi connectivity index (χ3n) is 10.2. The zero-order chi connectivity index (χ0) is 35.5. The molecular weight excluding hydrogens is 640 g/mol. The Morgan fingerprint density at radius 1 is 0.380 bits per heavy atom. The summed E-state index contributed by atoms with van der Waals surface area (Å²) in [4.78, 5) is 15.6. The van der Waals surface area contributed by atoms with E-state index in [0.717, 1.165) is 22.3 Å². The van der Waals surface area contributed by atoms with E-state index in [9.17, 15) is 0 Å². The molecule has 2 bridgehead atoms. The Labute approximate surface area is 292 Å².